The lowest BCUT2D eigenvalue weighted by atomic mass is 10.0. The van der Waals surface area contributed by atoms with Crippen LogP contribution in [-0.2, 0) is 26.2 Å². The number of amidine groups is 1. The number of rotatable bonds is 12. The van der Waals surface area contributed by atoms with E-state index < -0.39 is 40.0 Å². The number of aliphatic hydroxyl groups is 1. The van der Waals surface area contributed by atoms with E-state index in [-0.39, 0.29) is 24.6 Å². The van der Waals surface area contributed by atoms with Gasteiger partial charge in [-0.25, -0.2) is 8.42 Å². The standard InChI is InChI=1S/C25H35N5O5S.H2/c1-15(2)13-21(24(32)28-14-18-7-9-19(10-8-18)23(26)27)29-25(33)22(17(4)31)30-36(34,35)20-11-5-16(3)6-12-20;/h5-12,15,17,21-22,30-31H,13-14H2,1-4H3,(H3,26,27)(H,28,32)(H,29,33);1H/t17?,21?,22-;/m1./s1. The number of hydrogen-bond acceptors (Lipinski definition) is 6. The molecule has 0 aliphatic rings. The summed E-state index contributed by atoms with van der Waals surface area (Å²) in [5.74, 6) is -1.27. The van der Waals surface area contributed by atoms with Crippen LogP contribution in [0.3, 0.4) is 0 Å². The van der Waals surface area contributed by atoms with E-state index in [9.17, 15) is 23.1 Å². The molecular weight excluding hydrogens is 482 g/mol. The highest BCUT2D eigenvalue weighted by Gasteiger charge is 2.32. The number of aliphatic hydroxyl groups excluding tert-OH is 1. The highest BCUT2D eigenvalue weighted by atomic mass is 32.2. The van der Waals surface area contributed by atoms with Gasteiger partial charge in [-0.15, -0.1) is 0 Å². The van der Waals surface area contributed by atoms with Crippen LogP contribution in [0.5, 0.6) is 0 Å². The quantitative estimate of drug-likeness (QED) is 0.182. The number of benzene rings is 2. The highest BCUT2D eigenvalue weighted by Crippen LogP contribution is 2.13. The molecule has 2 rings (SSSR count). The lowest BCUT2D eigenvalue weighted by Gasteiger charge is -2.25. The first-order chi connectivity index (χ1) is 16.8. The van der Waals surface area contributed by atoms with Crippen LogP contribution < -0.4 is 21.1 Å². The summed E-state index contributed by atoms with van der Waals surface area (Å²) in [6.45, 7) is 7.07. The predicted octanol–water partition coefficient (Wildman–Crippen LogP) is 1.40. The summed E-state index contributed by atoms with van der Waals surface area (Å²) in [6.07, 6.45) is -1.05. The summed E-state index contributed by atoms with van der Waals surface area (Å²) in [5, 5.41) is 23.0. The first-order valence-corrected chi connectivity index (χ1v) is 13.1. The fourth-order valence-corrected chi connectivity index (χ4v) is 4.67. The van der Waals surface area contributed by atoms with Gasteiger partial charge in [-0.3, -0.25) is 15.0 Å². The molecule has 2 amide bonds. The molecule has 0 bridgehead atoms. The van der Waals surface area contributed by atoms with Gasteiger partial charge in [-0.05, 0) is 43.9 Å². The molecule has 0 spiro atoms. The number of sulfonamides is 1. The fourth-order valence-electron chi connectivity index (χ4n) is 3.40. The molecular formula is C25H37N5O5S. The van der Waals surface area contributed by atoms with Crippen molar-refractivity contribution in [2.24, 2.45) is 11.7 Å². The normalized spacial score (nSPS) is 14.1. The second kappa shape index (κ2) is 12.6. The van der Waals surface area contributed by atoms with Gasteiger partial charge < -0.3 is 21.5 Å². The first kappa shape index (κ1) is 29.0. The molecule has 10 nitrogen and oxygen atoms in total. The van der Waals surface area contributed by atoms with Crippen LogP contribution in [0.1, 0.15) is 45.3 Å². The molecule has 2 aromatic rings. The summed E-state index contributed by atoms with van der Waals surface area (Å²) in [4.78, 5) is 25.9. The molecule has 0 aromatic heterocycles. The minimum atomic E-state index is -4.10. The van der Waals surface area contributed by atoms with Crippen molar-refractivity contribution < 1.29 is 24.5 Å². The maximum Gasteiger partial charge on any atom is 0.242 e. The van der Waals surface area contributed by atoms with E-state index in [0.29, 0.717) is 12.0 Å². The van der Waals surface area contributed by atoms with Crippen LogP contribution in [0.4, 0.5) is 0 Å². The Morgan fingerprint density at radius 2 is 1.61 bits per heavy atom. The van der Waals surface area contributed by atoms with E-state index in [1.807, 2.05) is 20.8 Å². The van der Waals surface area contributed by atoms with Gasteiger partial charge in [0.1, 0.15) is 17.9 Å². The molecule has 3 atom stereocenters. The van der Waals surface area contributed by atoms with Crippen molar-refractivity contribution in [1.29, 1.82) is 5.41 Å². The third kappa shape index (κ3) is 8.43. The number of nitrogens with two attached hydrogens (primary N) is 1. The lowest BCUT2D eigenvalue weighted by Crippen LogP contribution is -2.57. The van der Waals surface area contributed by atoms with E-state index in [4.69, 9.17) is 11.1 Å². The molecule has 0 heterocycles. The Labute approximate surface area is 213 Å². The SMILES string of the molecule is Cc1ccc(S(=O)(=O)N[C@@H](C(=O)NC(CC(C)C)C(=O)NCc2ccc(C(=N)N)cc2)C(C)O)cc1.[HH]. The highest BCUT2D eigenvalue weighted by molar-refractivity contribution is 7.89. The van der Waals surface area contributed by atoms with E-state index >= 15 is 0 Å². The van der Waals surface area contributed by atoms with Crippen molar-refractivity contribution in [3.05, 3.63) is 65.2 Å². The smallest absolute Gasteiger partial charge is 0.242 e. The van der Waals surface area contributed by atoms with Crippen LogP contribution in [0.25, 0.3) is 0 Å². The molecule has 36 heavy (non-hydrogen) atoms. The van der Waals surface area contributed by atoms with Gasteiger partial charge in [0.2, 0.25) is 21.8 Å². The van der Waals surface area contributed by atoms with Gasteiger partial charge in [0, 0.05) is 13.5 Å². The van der Waals surface area contributed by atoms with Gasteiger partial charge in [-0.2, -0.15) is 4.72 Å². The van der Waals surface area contributed by atoms with E-state index in [2.05, 4.69) is 15.4 Å². The average Bonchev–Trinajstić information content (AvgIpc) is 2.80. The summed E-state index contributed by atoms with van der Waals surface area (Å²) < 4.78 is 27.8. The van der Waals surface area contributed by atoms with Gasteiger partial charge in [0.25, 0.3) is 0 Å². The van der Waals surface area contributed by atoms with Gasteiger partial charge in [0.05, 0.1) is 11.0 Å². The van der Waals surface area contributed by atoms with Crippen LogP contribution in [0.15, 0.2) is 53.4 Å². The molecule has 2 aromatic carbocycles. The number of nitrogen functional groups attached to an aromatic ring is 1. The van der Waals surface area contributed by atoms with E-state index in [1.54, 1.807) is 36.4 Å². The number of aryl methyl sites for hydroxylation is 1. The summed E-state index contributed by atoms with van der Waals surface area (Å²) in [7, 11) is -4.10. The van der Waals surface area contributed by atoms with Crippen molar-refractivity contribution in [2.45, 2.75) is 63.7 Å². The number of carbonyl (C=O) groups excluding carboxylic acids is 2. The topological polar surface area (TPSA) is 174 Å². The largest absolute Gasteiger partial charge is 0.391 e. The average molecular weight is 520 g/mol. The van der Waals surface area contributed by atoms with Crippen LogP contribution >= 0.6 is 0 Å². The van der Waals surface area contributed by atoms with Crippen LogP contribution in [0.2, 0.25) is 0 Å². The predicted molar refractivity (Wildman–Crippen MR) is 140 cm³/mol. The molecule has 11 heteroatoms. The fraction of sp³-hybridized carbons (Fsp3) is 0.400. The zero-order chi connectivity index (χ0) is 27.0. The molecule has 0 saturated carbocycles. The molecule has 0 fully saturated rings. The second-order valence-corrected chi connectivity index (χ2v) is 10.9. The molecule has 0 saturated heterocycles. The van der Waals surface area contributed by atoms with Gasteiger partial charge >= 0.3 is 0 Å². The van der Waals surface area contributed by atoms with Crippen LogP contribution in [-0.4, -0.2) is 49.4 Å². The molecule has 0 aliphatic carbocycles. The number of carbonyl (C=O) groups is 2. The molecule has 198 valence electrons. The monoisotopic (exact) mass is 519 g/mol. The summed E-state index contributed by atoms with van der Waals surface area (Å²) in [5.41, 5.74) is 7.66. The van der Waals surface area contributed by atoms with Gasteiger partial charge in [-0.1, -0.05) is 55.8 Å². The molecule has 2 unspecified atom stereocenters. The maximum absolute atomic E-state index is 13.0. The summed E-state index contributed by atoms with van der Waals surface area (Å²) in [6, 6.07) is 10.4. The number of amides is 2. The van der Waals surface area contributed by atoms with Crippen molar-refractivity contribution in [2.75, 3.05) is 0 Å². The Hall–Kier alpha value is -3.28. The maximum atomic E-state index is 13.0. The lowest BCUT2D eigenvalue weighted by molar-refractivity contribution is -0.131. The Bertz CT molecular complexity index is 1170. The summed E-state index contributed by atoms with van der Waals surface area (Å²) >= 11 is 0. The Morgan fingerprint density at radius 1 is 1.03 bits per heavy atom. The first-order valence-electron chi connectivity index (χ1n) is 11.6. The Kier molecular flexibility index (Phi) is 10.1. The number of hydrogen-bond donors (Lipinski definition) is 6. The van der Waals surface area contributed by atoms with Crippen molar-refractivity contribution >= 4 is 27.7 Å². The minimum absolute atomic E-state index is 0. The van der Waals surface area contributed by atoms with Crippen LogP contribution in [0, 0.1) is 18.3 Å². The van der Waals surface area contributed by atoms with E-state index in [1.165, 1.54) is 19.1 Å². The molecule has 7 N–H and O–H groups in total. The Morgan fingerprint density at radius 3 is 2.11 bits per heavy atom. The third-order valence-corrected chi connectivity index (χ3v) is 6.91. The Balaban J connectivity index is 0.00000684. The van der Waals surface area contributed by atoms with Crippen molar-refractivity contribution in [1.82, 2.24) is 15.4 Å². The zero-order valence-electron chi connectivity index (χ0n) is 20.9. The third-order valence-electron chi connectivity index (χ3n) is 5.45. The van der Waals surface area contributed by atoms with E-state index in [0.717, 1.165) is 11.1 Å². The molecule has 0 aliphatic heterocycles. The van der Waals surface area contributed by atoms with Crippen molar-refractivity contribution in [3.63, 3.8) is 0 Å². The van der Waals surface area contributed by atoms with Gasteiger partial charge in [0.15, 0.2) is 0 Å². The molecule has 0 radical (unpaired) electrons. The second-order valence-electron chi connectivity index (χ2n) is 9.17. The van der Waals surface area contributed by atoms with Crippen molar-refractivity contribution in [3.8, 4) is 0 Å². The number of nitrogens with one attached hydrogen (secondary N) is 4. The minimum Gasteiger partial charge on any atom is -0.391 e. The zero-order valence-corrected chi connectivity index (χ0v) is 21.7.